The van der Waals surface area contributed by atoms with E-state index in [1.807, 2.05) is 0 Å². The molecular weight excluding hydrogens is 284 g/mol. The summed E-state index contributed by atoms with van der Waals surface area (Å²) >= 11 is 1.64. The van der Waals surface area contributed by atoms with Crippen molar-refractivity contribution >= 4 is 23.1 Å². The standard InChI is InChI=1S/C15H20N4OS/c1-19-14(16)11(9-18-19)8-17-15(20)13-7-10-5-3-2-4-6-12(10)21-13/h7,9H,2-6,8,16H2,1H3,(H,17,20). The number of rotatable bonds is 3. The van der Waals surface area contributed by atoms with Gasteiger partial charge in [-0.15, -0.1) is 11.3 Å². The lowest BCUT2D eigenvalue weighted by molar-refractivity contribution is 0.0955. The van der Waals surface area contributed by atoms with E-state index in [4.69, 9.17) is 5.73 Å². The fraction of sp³-hybridized carbons (Fsp3) is 0.467. The Balaban J connectivity index is 1.67. The highest BCUT2D eigenvalue weighted by Gasteiger charge is 2.16. The molecule has 2 aromatic heterocycles. The number of hydrogen-bond donors (Lipinski definition) is 2. The number of hydrogen-bond acceptors (Lipinski definition) is 4. The molecule has 0 saturated carbocycles. The van der Waals surface area contributed by atoms with Crippen molar-refractivity contribution in [1.82, 2.24) is 15.1 Å². The normalized spacial score (nSPS) is 14.5. The van der Waals surface area contributed by atoms with E-state index < -0.39 is 0 Å². The highest BCUT2D eigenvalue weighted by atomic mass is 32.1. The fourth-order valence-corrected chi connectivity index (χ4v) is 3.84. The average molecular weight is 304 g/mol. The van der Waals surface area contributed by atoms with Crippen LogP contribution in [0.25, 0.3) is 0 Å². The molecule has 6 heteroatoms. The summed E-state index contributed by atoms with van der Waals surface area (Å²) in [7, 11) is 1.79. The highest BCUT2D eigenvalue weighted by Crippen LogP contribution is 2.29. The molecule has 3 N–H and O–H groups in total. The third kappa shape index (κ3) is 2.95. The Hall–Kier alpha value is -1.82. The zero-order valence-corrected chi connectivity index (χ0v) is 13.0. The van der Waals surface area contributed by atoms with Crippen LogP contribution < -0.4 is 11.1 Å². The molecule has 0 bridgehead atoms. The molecule has 0 aliphatic heterocycles. The molecular formula is C15H20N4OS. The topological polar surface area (TPSA) is 72.9 Å². The molecule has 2 heterocycles. The number of carbonyl (C=O) groups is 1. The van der Waals surface area contributed by atoms with Crippen LogP contribution in [0.2, 0.25) is 0 Å². The van der Waals surface area contributed by atoms with E-state index in [1.54, 1.807) is 29.3 Å². The Labute approximate surface area is 128 Å². The zero-order valence-electron chi connectivity index (χ0n) is 12.2. The predicted octanol–water partition coefficient (Wildman–Crippen LogP) is 2.26. The molecule has 0 spiro atoms. The molecule has 3 rings (SSSR count). The van der Waals surface area contributed by atoms with Crippen LogP contribution in [0.5, 0.6) is 0 Å². The van der Waals surface area contributed by atoms with Crippen LogP contribution in [-0.4, -0.2) is 15.7 Å². The fourth-order valence-electron chi connectivity index (χ4n) is 2.67. The van der Waals surface area contributed by atoms with E-state index in [9.17, 15) is 4.79 Å². The molecule has 0 unspecified atom stereocenters. The third-order valence-electron chi connectivity index (χ3n) is 3.97. The summed E-state index contributed by atoms with van der Waals surface area (Å²) < 4.78 is 1.61. The molecule has 1 aliphatic rings. The van der Waals surface area contributed by atoms with Gasteiger partial charge in [-0.2, -0.15) is 5.10 Å². The molecule has 0 saturated heterocycles. The van der Waals surface area contributed by atoms with Crippen LogP contribution in [0.3, 0.4) is 0 Å². The first-order valence-corrected chi connectivity index (χ1v) is 8.13. The minimum absolute atomic E-state index is 0.0173. The van der Waals surface area contributed by atoms with Gasteiger partial charge < -0.3 is 11.1 Å². The van der Waals surface area contributed by atoms with E-state index in [-0.39, 0.29) is 5.91 Å². The van der Waals surface area contributed by atoms with Gasteiger partial charge in [0.1, 0.15) is 5.82 Å². The number of thiophene rings is 1. The summed E-state index contributed by atoms with van der Waals surface area (Å²) in [4.78, 5) is 14.5. The second kappa shape index (κ2) is 5.89. The van der Waals surface area contributed by atoms with E-state index in [0.717, 1.165) is 23.3 Å². The second-order valence-corrected chi connectivity index (χ2v) is 6.62. The van der Waals surface area contributed by atoms with Crippen LogP contribution >= 0.6 is 11.3 Å². The molecule has 1 amide bonds. The first kappa shape index (κ1) is 14.1. The first-order valence-electron chi connectivity index (χ1n) is 7.31. The van der Waals surface area contributed by atoms with Crippen molar-refractivity contribution in [2.24, 2.45) is 7.05 Å². The van der Waals surface area contributed by atoms with E-state index in [0.29, 0.717) is 12.4 Å². The number of nitrogen functional groups attached to an aromatic ring is 1. The molecule has 0 atom stereocenters. The number of aromatic nitrogens is 2. The number of fused-ring (bicyclic) bond motifs is 1. The number of carbonyl (C=O) groups excluding carboxylic acids is 1. The molecule has 5 nitrogen and oxygen atoms in total. The Bertz CT molecular complexity index is 635. The SMILES string of the molecule is Cn1ncc(CNC(=O)c2cc3c(s2)CCCCC3)c1N. The number of aryl methyl sites for hydroxylation is 3. The number of anilines is 1. The molecule has 1 aliphatic carbocycles. The molecule has 2 aromatic rings. The molecule has 0 aromatic carbocycles. The van der Waals surface area contributed by atoms with Crippen molar-refractivity contribution in [2.75, 3.05) is 5.73 Å². The molecule has 112 valence electrons. The van der Waals surface area contributed by atoms with Gasteiger partial charge in [0.25, 0.3) is 5.91 Å². The minimum Gasteiger partial charge on any atom is -0.384 e. The van der Waals surface area contributed by atoms with Crippen LogP contribution in [-0.2, 0) is 26.4 Å². The van der Waals surface area contributed by atoms with Gasteiger partial charge in [0.15, 0.2) is 0 Å². The summed E-state index contributed by atoms with van der Waals surface area (Å²) in [6, 6.07) is 2.06. The maximum atomic E-state index is 12.3. The maximum absolute atomic E-state index is 12.3. The van der Waals surface area contributed by atoms with E-state index in [2.05, 4.69) is 16.5 Å². The smallest absolute Gasteiger partial charge is 0.261 e. The van der Waals surface area contributed by atoms with Crippen molar-refractivity contribution in [1.29, 1.82) is 0 Å². The predicted molar refractivity (Wildman–Crippen MR) is 84.4 cm³/mol. The summed E-state index contributed by atoms with van der Waals surface area (Å²) in [6.07, 6.45) is 7.68. The highest BCUT2D eigenvalue weighted by molar-refractivity contribution is 7.14. The minimum atomic E-state index is -0.0173. The van der Waals surface area contributed by atoms with Crippen molar-refractivity contribution in [3.63, 3.8) is 0 Å². The average Bonchev–Trinajstić information content (AvgIpc) is 2.94. The first-order chi connectivity index (χ1) is 10.1. The molecule has 0 fully saturated rings. The van der Waals surface area contributed by atoms with Crippen molar-refractivity contribution in [3.8, 4) is 0 Å². The Morgan fingerprint density at radius 3 is 3.00 bits per heavy atom. The van der Waals surface area contributed by atoms with Crippen LogP contribution in [0, 0.1) is 0 Å². The summed E-state index contributed by atoms with van der Waals surface area (Å²) in [6.45, 7) is 0.418. The van der Waals surface area contributed by atoms with Crippen molar-refractivity contribution in [3.05, 3.63) is 33.1 Å². The van der Waals surface area contributed by atoms with Crippen molar-refractivity contribution in [2.45, 2.75) is 38.6 Å². The van der Waals surface area contributed by atoms with Gasteiger partial charge in [0.2, 0.25) is 0 Å². The number of nitrogens with two attached hydrogens (primary N) is 1. The molecule has 21 heavy (non-hydrogen) atoms. The van der Waals surface area contributed by atoms with Gasteiger partial charge in [-0.3, -0.25) is 9.48 Å². The summed E-state index contributed by atoms with van der Waals surface area (Å²) in [5.41, 5.74) is 8.09. The maximum Gasteiger partial charge on any atom is 0.261 e. The van der Waals surface area contributed by atoms with Crippen molar-refractivity contribution < 1.29 is 4.79 Å². The Morgan fingerprint density at radius 1 is 1.43 bits per heavy atom. The third-order valence-corrected chi connectivity index (χ3v) is 5.21. The van der Waals surface area contributed by atoms with Gasteiger partial charge >= 0.3 is 0 Å². The van der Waals surface area contributed by atoms with Gasteiger partial charge in [-0.05, 0) is 37.3 Å². The van der Waals surface area contributed by atoms with Gasteiger partial charge in [0.05, 0.1) is 11.1 Å². The van der Waals surface area contributed by atoms with Crippen LogP contribution in [0.15, 0.2) is 12.3 Å². The van der Waals surface area contributed by atoms with Gasteiger partial charge in [0, 0.05) is 24.0 Å². The quantitative estimate of drug-likeness (QED) is 0.854. The Kier molecular flexibility index (Phi) is 3.96. The van der Waals surface area contributed by atoms with Crippen LogP contribution in [0.4, 0.5) is 5.82 Å². The zero-order chi connectivity index (χ0) is 14.8. The van der Waals surface area contributed by atoms with Crippen LogP contribution in [0.1, 0.15) is 44.9 Å². The Morgan fingerprint density at radius 2 is 2.24 bits per heavy atom. The van der Waals surface area contributed by atoms with Gasteiger partial charge in [-0.1, -0.05) is 6.42 Å². The van der Waals surface area contributed by atoms with Gasteiger partial charge in [-0.25, -0.2) is 0 Å². The number of nitrogens with one attached hydrogen (secondary N) is 1. The van der Waals surface area contributed by atoms with E-state index in [1.165, 1.54) is 29.7 Å². The summed E-state index contributed by atoms with van der Waals surface area (Å²) in [5, 5.41) is 7.01. The molecule has 0 radical (unpaired) electrons. The largest absolute Gasteiger partial charge is 0.384 e. The van der Waals surface area contributed by atoms with E-state index >= 15 is 0 Å². The number of nitrogens with zero attached hydrogens (tertiary/aromatic N) is 2. The second-order valence-electron chi connectivity index (χ2n) is 5.48. The monoisotopic (exact) mass is 304 g/mol. The lowest BCUT2D eigenvalue weighted by atomic mass is 10.1. The number of amides is 1. The lowest BCUT2D eigenvalue weighted by Gasteiger charge is -2.03. The summed E-state index contributed by atoms with van der Waals surface area (Å²) in [5.74, 6) is 0.577. The lowest BCUT2D eigenvalue weighted by Crippen LogP contribution is -2.22.